The second-order valence-electron chi connectivity index (χ2n) is 4.65. The molecule has 1 aromatic carbocycles. The summed E-state index contributed by atoms with van der Waals surface area (Å²) in [5.41, 5.74) is 6.46. The summed E-state index contributed by atoms with van der Waals surface area (Å²) in [7, 11) is 0. The van der Waals surface area contributed by atoms with E-state index >= 15 is 0 Å². The lowest BCUT2D eigenvalue weighted by Crippen LogP contribution is -2.00. The Bertz CT molecular complexity index is 341. The average molecular weight is 270 g/mol. The van der Waals surface area contributed by atoms with E-state index in [1.165, 1.54) is 38.5 Å². The molecule has 2 N–H and O–H groups in total. The first-order chi connectivity index (χ1) is 8.74. The summed E-state index contributed by atoms with van der Waals surface area (Å²) >= 11 is 5.89. The van der Waals surface area contributed by atoms with Gasteiger partial charge in [0.15, 0.2) is 0 Å². The Hall–Kier alpha value is -0.890. The molecule has 0 aliphatic heterocycles. The monoisotopic (exact) mass is 269 g/mol. The van der Waals surface area contributed by atoms with Gasteiger partial charge in [0.1, 0.15) is 5.75 Å². The second-order valence-corrected chi connectivity index (χ2v) is 5.09. The zero-order valence-electron chi connectivity index (χ0n) is 11.3. The van der Waals surface area contributed by atoms with E-state index in [2.05, 4.69) is 6.92 Å². The summed E-state index contributed by atoms with van der Waals surface area (Å²) in [4.78, 5) is 0. The minimum absolute atomic E-state index is 0.655. The van der Waals surface area contributed by atoms with E-state index in [1.807, 2.05) is 0 Å². The van der Waals surface area contributed by atoms with Crippen molar-refractivity contribution >= 4 is 17.3 Å². The maximum Gasteiger partial charge on any atom is 0.143 e. The van der Waals surface area contributed by atoms with Gasteiger partial charge in [0.2, 0.25) is 0 Å². The molecule has 18 heavy (non-hydrogen) atoms. The molecule has 3 heteroatoms. The lowest BCUT2D eigenvalue weighted by atomic mass is 10.1. The van der Waals surface area contributed by atoms with Crippen LogP contribution in [0.3, 0.4) is 0 Å². The van der Waals surface area contributed by atoms with Crippen molar-refractivity contribution in [3.05, 3.63) is 23.2 Å². The smallest absolute Gasteiger partial charge is 0.143 e. The number of nitrogen functional groups attached to an aromatic ring is 1. The van der Waals surface area contributed by atoms with Crippen LogP contribution < -0.4 is 10.5 Å². The van der Waals surface area contributed by atoms with E-state index in [0.29, 0.717) is 16.5 Å². The summed E-state index contributed by atoms with van der Waals surface area (Å²) in [5.74, 6) is 0.702. The van der Waals surface area contributed by atoms with Gasteiger partial charge in [-0.25, -0.2) is 0 Å². The molecule has 0 aliphatic carbocycles. The third-order valence-electron chi connectivity index (χ3n) is 2.98. The number of anilines is 1. The number of benzene rings is 1. The predicted molar refractivity (Wildman–Crippen MR) is 79.4 cm³/mol. The average Bonchev–Trinajstić information content (AvgIpc) is 2.36. The first-order valence-electron chi connectivity index (χ1n) is 6.92. The van der Waals surface area contributed by atoms with Crippen molar-refractivity contribution in [3.63, 3.8) is 0 Å². The summed E-state index contributed by atoms with van der Waals surface area (Å²) in [6.45, 7) is 2.96. The molecule has 2 nitrogen and oxygen atoms in total. The molecule has 0 bridgehead atoms. The van der Waals surface area contributed by atoms with Gasteiger partial charge in [-0.2, -0.15) is 0 Å². The van der Waals surface area contributed by atoms with Crippen LogP contribution in [0.15, 0.2) is 18.2 Å². The van der Waals surface area contributed by atoms with Crippen LogP contribution in [0.25, 0.3) is 0 Å². The van der Waals surface area contributed by atoms with Crippen LogP contribution in [0.4, 0.5) is 5.69 Å². The Morgan fingerprint density at radius 3 is 2.44 bits per heavy atom. The second kappa shape index (κ2) is 9.09. The lowest BCUT2D eigenvalue weighted by Gasteiger charge is -2.09. The van der Waals surface area contributed by atoms with Gasteiger partial charge in [0.25, 0.3) is 0 Å². The van der Waals surface area contributed by atoms with Crippen LogP contribution in [0.2, 0.25) is 5.02 Å². The molecular formula is C15H24ClNO. The molecule has 1 aromatic rings. The first-order valence-corrected chi connectivity index (χ1v) is 7.29. The number of rotatable bonds is 9. The van der Waals surface area contributed by atoms with Crippen molar-refractivity contribution in [1.29, 1.82) is 0 Å². The minimum Gasteiger partial charge on any atom is -0.491 e. The highest BCUT2D eigenvalue weighted by Crippen LogP contribution is 2.25. The van der Waals surface area contributed by atoms with Crippen LogP contribution in [0.5, 0.6) is 5.75 Å². The number of halogens is 1. The molecule has 0 saturated carbocycles. The Morgan fingerprint density at radius 1 is 1.06 bits per heavy atom. The summed E-state index contributed by atoms with van der Waals surface area (Å²) < 4.78 is 5.64. The fourth-order valence-corrected chi connectivity index (χ4v) is 2.04. The summed E-state index contributed by atoms with van der Waals surface area (Å²) in [6, 6.07) is 5.33. The lowest BCUT2D eigenvalue weighted by molar-refractivity contribution is 0.306. The Balaban J connectivity index is 2.09. The molecule has 0 amide bonds. The SMILES string of the molecule is CCCCCCCCCOc1cc(Cl)ccc1N. The highest BCUT2D eigenvalue weighted by atomic mass is 35.5. The van der Waals surface area contributed by atoms with Crippen LogP contribution in [0, 0.1) is 0 Å². The van der Waals surface area contributed by atoms with Crippen LogP contribution in [-0.2, 0) is 0 Å². The van der Waals surface area contributed by atoms with Crippen molar-refractivity contribution in [3.8, 4) is 5.75 Å². The van der Waals surface area contributed by atoms with Gasteiger partial charge in [-0.15, -0.1) is 0 Å². The Labute approximate surface area is 115 Å². The topological polar surface area (TPSA) is 35.2 Å². The van der Waals surface area contributed by atoms with Gasteiger partial charge in [-0.1, -0.05) is 57.0 Å². The molecule has 0 heterocycles. The van der Waals surface area contributed by atoms with E-state index in [-0.39, 0.29) is 0 Å². The molecule has 0 fully saturated rings. The van der Waals surface area contributed by atoms with Crippen molar-refractivity contribution < 1.29 is 4.74 Å². The number of unbranched alkanes of at least 4 members (excludes halogenated alkanes) is 6. The molecule has 0 spiro atoms. The first kappa shape index (κ1) is 15.2. The van der Waals surface area contributed by atoms with E-state index < -0.39 is 0 Å². The third kappa shape index (κ3) is 6.15. The molecule has 0 radical (unpaired) electrons. The summed E-state index contributed by atoms with van der Waals surface area (Å²) in [5, 5.41) is 0.666. The van der Waals surface area contributed by atoms with E-state index in [1.54, 1.807) is 18.2 Å². The molecule has 0 saturated heterocycles. The molecule has 0 aliphatic rings. The number of hydrogen-bond donors (Lipinski definition) is 1. The van der Waals surface area contributed by atoms with Gasteiger partial charge in [-0.3, -0.25) is 0 Å². The Kier molecular flexibility index (Phi) is 7.66. The standard InChI is InChI=1S/C15H24ClNO/c1-2-3-4-5-6-7-8-11-18-15-12-13(16)9-10-14(15)17/h9-10,12H,2-8,11,17H2,1H3. The molecule has 0 unspecified atom stereocenters. The molecular weight excluding hydrogens is 246 g/mol. The largest absolute Gasteiger partial charge is 0.491 e. The van der Waals surface area contributed by atoms with Gasteiger partial charge >= 0.3 is 0 Å². The van der Waals surface area contributed by atoms with Crippen molar-refractivity contribution in [1.82, 2.24) is 0 Å². The summed E-state index contributed by atoms with van der Waals surface area (Å²) in [6.07, 6.45) is 8.97. The highest BCUT2D eigenvalue weighted by molar-refractivity contribution is 6.30. The van der Waals surface area contributed by atoms with Gasteiger partial charge in [0.05, 0.1) is 12.3 Å². The normalized spacial score (nSPS) is 10.6. The molecule has 1 rings (SSSR count). The minimum atomic E-state index is 0.655. The fourth-order valence-electron chi connectivity index (χ4n) is 1.87. The number of ether oxygens (including phenoxy) is 1. The number of nitrogens with two attached hydrogens (primary N) is 1. The van der Waals surface area contributed by atoms with Crippen LogP contribution >= 0.6 is 11.6 Å². The zero-order valence-corrected chi connectivity index (χ0v) is 12.0. The third-order valence-corrected chi connectivity index (χ3v) is 3.22. The van der Waals surface area contributed by atoms with Crippen molar-refractivity contribution in [2.75, 3.05) is 12.3 Å². The Morgan fingerprint density at radius 2 is 1.72 bits per heavy atom. The van der Waals surface area contributed by atoms with Gasteiger partial charge in [-0.05, 0) is 18.6 Å². The van der Waals surface area contributed by atoms with Gasteiger partial charge in [0, 0.05) is 11.1 Å². The predicted octanol–water partition coefficient (Wildman–Crippen LogP) is 5.05. The molecule has 102 valence electrons. The zero-order chi connectivity index (χ0) is 13.2. The maximum absolute atomic E-state index is 5.89. The molecule has 0 atom stereocenters. The quantitative estimate of drug-likeness (QED) is 0.503. The van der Waals surface area contributed by atoms with Gasteiger partial charge < -0.3 is 10.5 Å². The van der Waals surface area contributed by atoms with E-state index in [0.717, 1.165) is 13.0 Å². The van der Waals surface area contributed by atoms with Crippen molar-refractivity contribution in [2.24, 2.45) is 0 Å². The van der Waals surface area contributed by atoms with E-state index in [4.69, 9.17) is 22.1 Å². The van der Waals surface area contributed by atoms with Crippen LogP contribution in [-0.4, -0.2) is 6.61 Å². The van der Waals surface area contributed by atoms with Crippen molar-refractivity contribution in [2.45, 2.75) is 51.9 Å². The maximum atomic E-state index is 5.89. The van der Waals surface area contributed by atoms with E-state index in [9.17, 15) is 0 Å². The highest BCUT2D eigenvalue weighted by Gasteiger charge is 2.01. The molecule has 0 aromatic heterocycles. The number of hydrogen-bond acceptors (Lipinski definition) is 2. The van der Waals surface area contributed by atoms with Crippen LogP contribution in [0.1, 0.15) is 51.9 Å². The fraction of sp³-hybridized carbons (Fsp3) is 0.600.